The molecule has 5 rings (SSSR count). The van der Waals surface area contributed by atoms with Crippen molar-refractivity contribution in [2.75, 3.05) is 16.8 Å². The number of para-hydroxylation sites is 2. The van der Waals surface area contributed by atoms with Gasteiger partial charge in [0.2, 0.25) is 11.8 Å². The Hall–Kier alpha value is -4.68. The highest BCUT2D eigenvalue weighted by Crippen LogP contribution is 2.40. The molecule has 4 aromatic carbocycles. The van der Waals surface area contributed by atoms with Crippen LogP contribution in [0.4, 0.5) is 11.4 Å². The highest BCUT2D eigenvalue weighted by atomic mass is 32.2. The molecule has 1 aliphatic heterocycles. The molecular formula is C40H45N3O7S. The third-order valence-electron chi connectivity index (χ3n) is 8.69. The van der Waals surface area contributed by atoms with Gasteiger partial charge in [0.25, 0.3) is 0 Å². The highest BCUT2D eigenvalue weighted by molar-refractivity contribution is 7.99. The zero-order valence-electron chi connectivity index (χ0n) is 28.5. The van der Waals surface area contributed by atoms with Gasteiger partial charge in [-0.05, 0) is 53.8 Å². The predicted molar refractivity (Wildman–Crippen MR) is 198 cm³/mol. The van der Waals surface area contributed by atoms with Gasteiger partial charge in [-0.3, -0.25) is 9.59 Å². The number of aliphatic hydroxyl groups excluding tert-OH is 1. The van der Waals surface area contributed by atoms with Gasteiger partial charge >= 0.3 is 5.97 Å². The Labute approximate surface area is 302 Å². The standard InChI is InChI=1S/C40H45N3O7S/c41-33-10-6-7-11-34(33)43-38(46)14-4-2-1-3-13-37(45)42-24-27-15-21-30(22-16-27)40-49-31(26-51-36-12-8-5-9-32(36)39(47)48)23-35(50-40)29-19-17-28(25-44)18-20-29/h5-12,15-22,31,35,40,44H,1-4,13-14,23-26,41H2,(H,42,45)(H,43,46)(H,47,48)/t31-,35+,40+/m0/s1. The number of thioether (sulfide) groups is 1. The van der Waals surface area contributed by atoms with Crippen molar-refractivity contribution in [3.8, 4) is 0 Å². The molecule has 0 aliphatic carbocycles. The van der Waals surface area contributed by atoms with E-state index in [0.717, 1.165) is 47.9 Å². The predicted octanol–water partition coefficient (Wildman–Crippen LogP) is 7.39. The summed E-state index contributed by atoms with van der Waals surface area (Å²) in [7, 11) is 0. The Morgan fingerprint density at radius 3 is 2.12 bits per heavy atom. The summed E-state index contributed by atoms with van der Waals surface area (Å²) in [5, 5.41) is 24.9. The summed E-state index contributed by atoms with van der Waals surface area (Å²) in [6.07, 6.45) is 3.51. The molecule has 11 heteroatoms. The molecule has 1 fully saturated rings. The maximum Gasteiger partial charge on any atom is 0.336 e. The Balaban J connectivity index is 1.08. The first-order chi connectivity index (χ1) is 24.8. The Morgan fingerprint density at radius 1 is 0.765 bits per heavy atom. The highest BCUT2D eigenvalue weighted by Gasteiger charge is 2.32. The summed E-state index contributed by atoms with van der Waals surface area (Å²) in [6.45, 7) is 0.358. The van der Waals surface area contributed by atoms with E-state index in [0.29, 0.717) is 47.8 Å². The van der Waals surface area contributed by atoms with Gasteiger partial charge < -0.3 is 36.1 Å². The molecule has 2 amide bonds. The number of hydrogen-bond acceptors (Lipinski definition) is 8. The minimum atomic E-state index is -0.966. The molecule has 0 unspecified atom stereocenters. The number of carbonyl (C=O) groups excluding carboxylic acids is 2. The Kier molecular flexibility index (Phi) is 14.1. The number of amides is 2. The lowest BCUT2D eigenvalue weighted by Gasteiger charge is -2.36. The van der Waals surface area contributed by atoms with Crippen LogP contribution in [-0.2, 0) is 32.2 Å². The fourth-order valence-corrected chi connectivity index (χ4v) is 6.87. The van der Waals surface area contributed by atoms with Gasteiger partial charge in [0.15, 0.2) is 6.29 Å². The molecule has 6 N–H and O–H groups in total. The van der Waals surface area contributed by atoms with Gasteiger partial charge in [-0.15, -0.1) is 11.8 Å². The summed E-state index contributed by atoms with van der Waals surface area (Å²) in [6, 6.07) is 29.6. The second-order valence-corrected chi connectivity index (χ2v) is 13.6. The van der Waals surface area contributed by atoms with Gasteiger partial charge in [-0.25, -0.2) is 4.79 Å². The summed E-state index contributed by atoms with van der Waals surface area (Å²) in [5.41, 5.74) is 10.9. The molecule has 10 nitrogen and oxygen atoms in total. The smallest absolute Gasteiger partial charge is 0.336 e. The topological polar surface area (TPSA) is 160 Å². The van der Waals surface area contributed by atoms with Gasteiger partial charge in [0.1, 0.15) is 0 Å². The largest absolute Gasteiger partial charge is 0.478 e. The molecular weight excluding hydrogens is 667 g/mol. The molecule has 0 spiro atoms. The fourth-order valence-electron chi connectivity index (χ4n) is 5.80. The molecule has 1 heterocycles. The van der Waals surface area contributed by atoms with Crippen molar-refractivity contribution in [1.82, 2.24) is 5.32 Å². The zero-order chi connectivity index (χ0) is 36.0. The number of benzene rings is 4. The summed E-state index contributed by atoms with van der Waals surface area (Å²) >= 11 is 1.45. The molecule has 51 heavy (non-hydrogen) atoms. The second-order valence-electron chi connectivity index (χ2n) is 12.5. The summed E-state index contributed by atoms with van der Waals surface area (Å²) in [4.78, 5) is 37.1. The summed E-state index contributed by atoms with van der Waals surface area (Å²) in [5.74, 6) is -0.510. The quantitative estimate of drug-likeness (QED) is 0.0427. The Morgan fingerprint density at radius 2 is 1.41 bits per heavy atom. The monoisotopic (exact) mass is 711 g/mol. The number of anilines is 2. The van der Waals surface area contributed by atoms with E-state index in [-0.39, 0.29) is 36.2 Å². The van der Waals surface area contributed by atoms with E-state index in [9.17, 15) is 24.6 Å². The minimum absolute atomic E-state index is 0.0183. The molecule has 0 bridgehead atoms. The summed E-state index contributed by atoms with van der Waals surface area (Å²) < 4.78 is 12.9. The van der Waals surface area contributed by atoms with Crippen molar-refractivity contribution in [2.24, 2.45) is 0 Å². The third kappa shape index (κ3) is 11.4. The molecule has 0 aromatic heterocycles. The maximum atomic E-state index is 12.5. The number of ether oxygens (including phenoxy) is 2. The number of carboxylic acid groups (broad SMARTS) is 1. The van der Waals surface area contributed by atoms with E-state index in [1.807, 2.05) is 66.7 Å². The number of unbranched alkanes of at least 4 members (excludes halogenated alkanes) is 3. The van der Waals surface area contributed by atoms with Crippen LogP contribution in [0.15, 0.2) is 102 Å². The SMILES string of the molecule is Nc1ccccc1NC(=O)CCCCCCC(=O)NCc1ccc([C@@H]2O[C@H](CSc3ccccc3C(=O)O)C[C@H](c3ccc(CO)cc3)O2)cc1. The number of nitrogens with two attached hydrogens (primary N) is 1. The molecule has 4 aromatic rings. The maximum absolute atomic E-state index is 12.5. The first-order valence-electron chi connectivity index (χ1n) is 17.2. The fraction of sp³-hybridized carbons (Fsp3) is 0.325. The van der Waals surface area contributed by atoms with Crippen molar-refractivity contribution in [3.63, 3.8) is 0 Å². The van der Waals surface area contributed by atoms with Crippen LogP contribution in [0.5, 0.6) is 0 Å². The lowest BCUT2D eigenvalue weighted by atomic mass is 10.0. The van der Waals surface area contributed by atoms with Gasteiger partial charge in [-0.2, -0.15) is 0 Å². The van der Waals surface area contributed by atoms with Gasteiger partial charge in [0, 0.05) is 42.0 Å². The van der Waals surface area contributed by atoms with Crippen LogP contribution >= 0.6 is 11.8 Å². The number of hydrogen-bond donors (Lipinski definition) is 5. The second kappa shape index (κ2) is 19.1. The van der Waals surface area contributed by atoms with Crippen LogP contribution in [0, 0.1) is 0 Å². The van der Waals surface area contributed by atoms with Crippen molar-refractivity contribution in [1.29, 1.82) is 0 Å². The molecule has 1 saturated heterocycles. The van der Waals surface area contributed by atoms with Crippen molar-refractivity contribution >= 4 is 40.9 Å². The molecule has 3 atom stereocenters. The zero-order valence-corrected chi connectivity index (χ0v) is 29.3. The van der Waals surface area contributed by atoms with Gasteiger partial charge in [0.05, 0.1) is 35.8 Å². The van der Waals surface area contributed by atoms with Crippen molar-refractivity contribution in [3.05, 3.63) is 125 Å². The average molecular weight is 712 g/mol. The van der Waals surface area contributed by atoms with Crippen LogP contribution in [0.1, 0.15) is 90.0 Å². The van der Waals surface area contributed by atoms with E-state index >= 15 is 0 Å². The van der Waals surface area contributed by atoms with Crippen LogP contribution in [0.3, 0.4) is 0 Å². The number of aliphatic hydroxyl groups is 1. The van der Waals surface area contributed by atoms with Gasteiger partial charge in [-0.1, -0.05) is 85.6 Å². The van der Waals surface area contributed by atoms with E-state index in [4.69, 9.17) is 15.2 Å². The normalized spacial score (nSPS) is 17.1. The Bertz CT molecular complexity index is 1750. The molecule has 1 aliphatic rings. The molecule has 0 radical (unpaired) electrons. The molecule has 268 valence electrons. The van der Waals surface area contributed by atoms with Crippen molar-refractivity contribution < 1.29 is 34.1 Å². The minimum Gasteiger partial charge on any atom is -0.478 e. The number of carboxylic acids is 1. The van der Waals surface area contributed by atoms with E-state index in [1.165, 1.54) is 11.8 Å². The number of nitrogens with one attached hydrogen (secondary N) is 2. The molecule has 0 saturated carbocycles. The number of rotatable bonds is 17. The third-order valence-corrected chi connectivity index (χ3v) is 9.90. The van der Waals surface area contributed by atoms with Crippen LogP contribution in [0.25, 0.3) is 0 Å². The van der Waals surface area contributed by atoms with Crippen LogP contribution < -0.4 is 16.4 Å². The number of carbonyl (C=O) groups is 3. The van der Waals surface area contributed by atoms with E-state index in [2.05, 4.69) is 10.6 Å². The lowest BCUT2D eigenvalue weighted by molar-refractivity contribution is -0.245. The number of nitrogen functional groups attached to an aromatic ring is 1. The van der Waals surface area contributed by atoms with Crippen LogP contribution in [0.2, 0.25) is 0 Å². The van der Waals surface area contributed by atoms with Crippen molar-refractivity contribution in [2.45, 2.75) is 81.5 Å². The van der Waals surface area contributed by atoms with E-state index < -0.39 is 12.3 Å². The van der Waals surface area contributed by atoms with Crippen LogP contribution in [-0.4, -0.2) is 39.9 Å². The lowest BCUT2D eigenvalue weighted by Crippen LogP contribution is -2.31. The number of aromatic carboxylic acids is 1. The first kappa shape index (κ1) is 37.6. The average Bonchev–Trinajstić information content (AvgIpc) is 3.15. The first-order valence-corrected chi connectivity index (χ1v) is 18.2. The van der Waals surface area contributed by atoms with E-state index in [1.54, 1.807) is 30.3 Å².